The Kier molecular flexibility index (Phi) is 6.27. The Morgan fingerprint density at radius 2 is 1.56 bits per heavy atom. The van der Waals surface area contributed by atoms with Crippen molar-refractivity contribution in [3.63, 3.8) is 0 Å². The molecule has 4 aromatic rings. The number of methoxy groups -OCH3 is 1. The van der Waals surface area contributed by atoms with Gasteiger partial charge in [-0.15, -0.1) is 0 Å². The summed E-state index contributed by atoms with van der Waals surface area (Å²) in [5.41, 5.74) is 0.480. The van der Waals surface area contributed by atoms with Gasteiger partial charge in [0.1, 0.15) is 29.1 Å². The minimum Gasteiger partial charge on any atom is -0.495 e. The first kappa shape index (κ1) is 23.7. The predicted octanol–water partition coefficient (Wildman–Crippen LogP) is 5.69. The number of anilines is 2. The molecule has 8 nitrogen and oxygen atoms in total. The van der Waals surface area contributed by atoms with Crippen molar-refractivity contribution in [2.24, 2.45) is 5.41 Å². The van der Waals surface area contributed by atoms with Gasteiger partial charge in [-0.3, -0.25) is 9.59 Å². The second kappa shape index (κ2) is 9.54. The number of hydrogen-bond acceptors (Lipinski definition) is 6. The van der Waals surface area contributed by atoms with Crippen LogP contribution in [0.4, 0.5) is 15.8 Å². The number of halogens is 2. The molecule has 0 saturated heterocycles. The number of amides is 2. The summed E-state index contributed by atoms with van der Waals surface area (Å²) in [5.74, 6) is 0.318. The average molecular weight is 551 g/mol. The second-order valence-electron chi connectivity index (χ2n) is 8.31. The monoisotopic (exact) mass is 550 g/mol. The molecule has 1 heterocycles. The SMILES string of the molecule is COc1cc2ncnc(Oc3ccc(NC(=O)C4(C(=O)Nc5ccc(F)cc5)CC4)cc3)c2cc1Br. The van der Waals surface area contributed by atoms with Crippen molar-refractivity contribution >= 4 is 50.0 Å². The van der Waals surface area contributed by atoms with Crippen LogP contribution in [0.3, 0.4) is 0 Å². The number of carbonyl (C=O) groups excluding carboxylic acids is 2. The summed E-state index contributed by atoms with van der Waals surface area (Å²) < 4.78 is 25.1. The summed E-state index contributed by atoms with van der Waals surface area (Å²) in [4.78, 5) is 34.1. The van der Waals surface area contributed by atoms with Crippen LogP contribution in [0.5, 0.6) is 17.4 Å². The van der Waals surface area contributed by atoms with Gasteiger partial charge < -0.3 is 20.1 Å². The van der Waals surface area contributed by atoms with Crippen molar-refractivity contribution in [2.45, 2.75) is 12.8 Å². The molecule has 0 spiro atoms. The van der Waals surface area contributed by atoms with E-state index in [1.165, 1.54) is 30.6 Å². The molecule has 0 atom stereocenters. The van der Waals surface area contributed by atoms with Gasteiger partial charge in [0.2, 0.25) is 17.7 Å². The van der Waals surface area contributed by atoms with Gasteiger partial charge >= 0.3 is 0 Å². The number of carbonyl (C=O) groups is 2. The molecule has 0 radical (unpaired) electrons. The molecule has 2 amide bonds. The number of nitrogens with one attached hydrogen (secondary N) is 2. The van der Waals surface area contributed by atoms with Crippen LogP contribution in [0.25, 0.3) is 10.9 Å². The van der Waals surface area contributed by atoms with E-state index >= 15 is 0 Å². The normalized spacial score (nSPS) is 13.6. The second-order valence-corrected chi connectivity index (χ2v) is 9.16. The van der Waals surface area contributed by atoms with E-state index in [9.17, 15) is 14.0 Å². The molecule has 1 saturated carbocycles. The van der Waals surface area contributed by atoms with E-state index in [4.69, 9.17) is 9.47 Å². The smallest absolute Gasteiger partial charge is 0.240 e. The molecule has 0 aliphatic heterocycles. The van der Waals surface area contributed by atoms with Crippen LogP contribution in [0, 0.1) is 11.2 Å². The lowest BCUT2D eigenvalue weighted by Gasteiger charge is -2.16. The zero-order chi connectivity index (χ0) is 25.3. The topological polar surface area (TPSA) is 102 Å². The summed E-state index contributed by atoms with van der Waals surface area (Å²) in [6.07, 6.45) is 2.29. The quantitative estimate of drug-likeness (QED) is 0.286. The van der Waals surface area contributed by atoms with Gasteiger partial charge in [-0.05, 0) is 83.4 Å². The number of aromatic nitrogens is 2. The number of benzene rings is 3. The zero-order valence-corrected chi connectivity index (χ0v) is 20.6. The Bertz CT molecular complexity index is 1460. The van der Waals surface area contributed by atoms with E-state index < -0.39 is 23.0 Å². The van der Waals surface area contributed by atoms with Crippen LogP contribution >= 0.6 is 15.9 Å². The van der Waals surface area contributed by atoms with E-state index in [1.54, 1.807) is 37.4 Å². The highest BCUT2D eigenvalue weighted by molar-refractivity contribution is 9.10. The van der Waals surface area contributed by atoms with E-state index in [0.29, 0.717) is 52.5 Å². The fourth-order valence-corrected chi connectivity index (χ4v) is 4.21. The molecule has 0 bridgehead atoms. The molecular formula is C26H20BrFN4O4. The first-order chi connectivity index (χ1) is 17.4. The highest BCUT2D eigenvalue weighted by Gasteiger charge is 2.56. The third-order valence-corrected chi connectivity index (χ3v) is 6.54. The zero-order valence-electron chi connectivity index (χ0n) is 19.0. The Balaban J connectivity index is 1.26. The van der Waals surface area contributed by atoms with Crippen molar-refractivity contribution < 1.29 is 23.5 Å². The third kappa shape index (κ3) is 4.72. The number of fused-ring (bicyclic) bond motifs is 1. The molecule has 1 aliphatic carbocycles. The third-order valence-electron chi connectivity index (χ3n) is 5.92. The fraction of sp³-hybridized carbons (Fsp3) is 0.154. The first-order valence-electron chi connectivity index (χ1n) is 11.0. The highest BCUT2D eigenvalue weighted by Crippen LogP contribution is 2.47. The van der Waals surface area contributed by atoms with Gasteiger partial charge in [-0.25, -0.2) is 14.4 Å². The van der Waals surface area contributed by atoms with Gasteiger partial charge in [0.15, 0.2) is 0 Å². The Labute approximate surface area is 214 Å². The molecular weight excluding hydrogens is 531 g/mol. The van der Waals surface area contributed by atoms with E-state index in [2.05, 4.69) is 36.5 Å². The molecule has 10 heteroatoms. The first-order valence-corrected chi connectivity index (χ1v) is 11.8. The Morgan fingerprint density at radius 3 is 2.14 bits per heavy atom. The molecule has 5 rings (SSSR count). The molecule has 182 valence electrons. The van der Waals surface area contributed by atoms with Crippen LogP contribution in [0.2, 0.25) is 0 Å². The predicted molar refractivity (Wildman–Crippen MR) is 136 cm³/mol. The maximum absolute atomic E-state index is 13.1. The molecule has 1 aliphatic rings. The van der Waals surface area contributed by atoms with Crippen LogP contribution in [0.15, 0.2) is 71.5 Å². The van der Waals surface area contributed by atoms with Crippen molar-refractivity contribution in [1.29, 1.82) is 0 Å². The maximum Gasteiger partial charge on any atom is 0.240 e. The Morgan fingerprint density at radius 1 is 0.944 bits per heavy atom. The van der Waals surface area contributed by atoms with Crippen LogP contribution in [-0.2, 0) is 9.59 Å². The summed E-state index contributed by atoms with van der Waals surface area (Å²) >= 11 is 3.46. The number of nitrogens with zero attached hydrogens (tertiary/aromatic N) is 2. The van der Waals surface area contributed by atoms with Crippen molar-refractivity contribution in [3.05, 3.63) is 77.3 Å². The van der Waals surface area contributed by atoms with Crippen LogP contribution < -0.4 is 20.1 Å². The standard InChI is InChI=1S/C26H20BrFN4O4/c1-35-22-13-21-19(12-20(22)27)23(30-14-29-21)36-18-8-6-17(7-9-18)32-25(34)26(10-11-26)24(33)31-16-4-2-15(28)3-5-16/h2-9,12-14H,10-11H2,1H3,(H,31,33)(H,32,34). The van der Waals surface area contributed by atoms with Gasteiger partial charge in [-0.1, -0.05) is 0 Å². The lowest BCUT2D eigenvalue weighted by molar-refractivity contribution is -0.131. The lowest BCUT2D eigenvalue weighted by Crippen LogP contribution is -2.35. The maximum atomic E-state index is 13.1. The van der Waals surface area contributed by atoms with E-state index in [-0.39, 0.29) is 0 Å². The van der Waals surface area contributed by atoms with Crippen LogP contribution in [-0.4, -0.2) is 28.9 Å². The molecule has 0 unspecified atom stereocenters. The fourth-order valence-electron chi connectivity index (χ4n) is 3.71. The summed E-state index contributed by atoms with van der Waals surface area (Å²) in [5, 5.41) is 6.19. The lowest BCUT2D eigenvalue weighted by atomic mass is 10.0. The average Bonchev–Trinajstić information content (AvgIpc) is 3.69. The number of hydrogen-bond donors (Lipinski definition) is 2. The van der Waals surface area contributed by atoms with Crippen LogP contribution in [0.1, 0.15) is 12.8 Å². The van der Waals surface area contributed by atoms with Gasteiger partial charge in [-0.2, -0.15) is 0 Å². The largest absolute Gasteiger partial charge is 0.495 e. The molecule has 36 heavy (non-hydrogen) atoms. The number of ether oxygens (including phenoxy) is 2. The molecule has 1 fully saturated rings. The number of rotatable bonds is 7. The molecule has 1 aromatic heterocycles. The molecule has 3 aromatic carbocycles. The highest BCUT2D eigenvalue weighted by atomic mass is 79.9. The van der Waals surface area contributed by atoms with Crippen molar-refractivity contribution in [3.8, 4) is 17.4 Å². The minimum absolute atomic E-state index is 0.370. The van der Waals surface area contributed by atoms with Gasteiger partial charge in [0.05, 0.1) is 22.5 Å². The summed E-state index contributed by atoms with van der Waals surface area (Å²) in [6, 6.07) is 15.8. The molecule has 2 N–H and O–H groups in total. The van der Waals surface area contributed by atoms with E-state index in [1.807, 2.05) is 6.07 Å². The van der Waals surface area contributed by atoms with Gasteiger partial charge in [0.25, 0.3) is 0 Å². The summed E-state index contributed by atoms with van der Waals surface area (Å²) in [7, 11) is 1.58. The van der Waals surface area contributed by atoms with E-state index in [0.717, 1.165) is 4.47 Å². The summed E-state index contributed by atoms with van der Waals surface area (Å²) in [6.45, 7) is 0. The van der Waals surface area contributed by atoms with Gasteiger partial charge in [0, 0.05) is 17.4 Å². The minimum atomic E-state index is -1.14. The Hall–Kier alpha value is -4.05. The van der Waals surface area contributed by atoms with Crippen molar-refractivity contribution in [1.82, 2.24) is 9.97 Å². The van der Waals surface area contributed by atoms with Crippen molar-refractivity contribution in [2.75, 3.05) is 17.7 Å².